The van der Waals surface area contributed by atoms with Gasteiger partial charge < -0.3 is 25.0 Å². The van der Waals surface area contributed by atoms with Crippen LogP contribution in [0.15, 0.2) is 79.4 Å². The molecule has 2 aliphatic rings. The van der Waals surface area contributed by atoms with Crippen molar-refractivity contribution in [3.8, 4) is 5.75 Å². The third-order valence-corrected chi connectivity index (χ3v) is 8.50. The van der Waals surface area contributed by atoms with E-state index in [0.29, 0.717) is 26.7 Å². The van der Waals surface area contributed by atoms with E-state index in [4.69, 9.17) is 27.9 Å². The summed E-state index contributed by atoms with van der Waals surface area (Å²) < 4.78 is 4.86. The Morgan fingerprint density at radius 3 is 2.52 bits per heavy atom. The van der Waals surface area contributed by atoms with Gasteiger partial charge in [-0.1, -0.05) is 59.6 Å². The van der Waals surface area contributed by atoms with Crippen molar-refractivity contribution in [2.75, 3.05) is 26.7 Å². The molecular formula is C33H33Cl2N5O6. The largest absolute Gasteiger partial charge is 0.508 e. The van der Waals surface area contributed by atoms with Gasteiger partial charge in [-0.15, -0.1) is 6.58 Å². The Kier molecular flexibility index (Phi) is 10.2. The van der Waals surface area contributed by atoms with Crippen LogP contribution >= 0.6 is 23.2 Å². The molecule has 0 unspecified atom stereocenters. The van der Waals surface area contributed by atoms with Crippen LogP contribution in [0.3, 0.4) is 0 Å². The molecule has 2 aliphatic heterocycles. The lowest BCUT2D eigenvalue weighted by atomic mass is 9.98. The monoisotopic (exact) mass is 665 g/mol. The summed E-state index contributed by atoms with van der Waals surface area (Å²) in [6.45, 7) is 4.06. The molecule has 0 bridgehead atoms. The highest BCUT2D eigenvalue weighted by molar-refractivity contribution is 6.35. The zero-order valence-corrected chi connectivity index (χ0v) is 26.6. The van der Waals surface area contributed by atoms with Gasteiger partial charge >= 0.3 is 12.0 Å². The van der Waals surface area contributed by atoms with Gasteiger partial charge in [0.05, 0.1) is 25.8 Å². The highest BCUT2D eigenvalue weighted by Crippen LogP contribution is 2.30. The van der Waals surface area contributed by atoms with Crippen LogP contribution in [-0.2, 0) is 33.8 Å². The van der Waals surface area contributed by atoms with Crippen LogP contribution < -0.4 is 5.32 Å². The number of amides is 4. The molecule has 11 nitrogen and oxygen atoms in total. The van der Waals surface area contributed by atoms with Gasteiger partial charge in [0.1, 0.15) is 18.0 Å². The lowest BCUT2D eigenvalue weighted by Gasteiger charge is -2.55. The number of carbonyl (C=O) groups excluding carboxylic acids is 4. The van der Waals surface area contributed by atoms with Crippen LogP contribution in [0.4, 0.5) is 4.79 Å². The molecule has 13 heteroatoms. The fourth-order valence-electron chi connectivity index (χ4n) is 5.75. The summed E-state index contributed by atoms with van der Waals surface area (Å²) in [6.07, 6.45) is 0.875. The third kappa shape index (κ3) is 7.12. The second-order valence-electron chi connectivity index (χ2n) is 11.0. The molecular weight excluding hydrogens is 633 g/mol. The lowest BCUT2D eigenvalue weighted by Crippen LogP contribution is -2.76. The van der Waals surface area contributed by atoms with E-state index in [2.05, 4.69) is 11.9 Å². The SMILES string of the molecule is C=CCN1CC(=O)N2[C@@H](Cc3ccc(O)cc3)C(=O)N(Cc3cccc(C(=O)OC)c3)C[C@@H]2N1C(=O)NCc1ccc(Cl)cc1Cl. The number of carbonyl (C=O) groups is 4. The summed E-state index contributed by atoms with van der Waals surface area (Å²) >= 11 is 12.4. The van der Waals surface area contributed by atoms with Crippen molar-refractivity contribution in [1.29, 1.82) is 0 Å². The summed E-state index contributed by atoms with van der Waals surface area (Å²) in [5.74, 6) is -1.07. The van der Waals surface area contributed by atoms with E-state index >= 15 is 0 Å². The molecule has 46 heavy (non-hydrogen) atoms. The van der Waals surface area contributed by atoms with Crippen LogP contribution in [0, 0.1) is 0 Å². The number of nitrogens with one attached hydrogen (secondary N) is 1. The van der Waals surface area contributed by atoms with Gasteiger partial charge in [-0.25, -0.2) is 19.6 Å². The number of esters is 1. The molecule has 0 spiro atoms. The van der Waals surface area contributed by atoms with Gasteiger partial charge in [-0.05, 0) is 53.1 Å². The minimum Gasteiger partial charge on any atom is -0.508 e. The maximum absolute atomic E-state index is 14.2. The summed E-state index contributed by atoms with van der Waals surface area (Å²) in [4.78, 5) is 57.1. The molecule has 5 rings (SSSR count). The van der Waals surface area contributed by atoms with Crippen molar-refractivity contribution in [3.63, 3.8) is 0 Å². The van der Waals surface area contributed by atoms with Crippen molar-refractivity contribution in [2.45, 2.75) is 31.7 Å². The second kappa shape index (κ2) is 14.2. The second-order valence-corrected chi connectivity index (χ2v) is 11.8. The Morgan fingerprint density at radius 2 is 1.83 bits per heavy atom. The van der Waals surface area contributed by atoms with Crippen molar-refractivity contribution < 1.29 is 29.0 Å². The molecule has 0 aromatic heterocycles. The van der Waals surface area contributed by atoms with Crippen molar-refractivity contribution in [3.05, 3.63) is 112 Å². The number of benzene rings is 3. The third-order valence-electron chi connectivity index (χ3n) is 7.91. The standard InChI is InChI=1S/C33H33Cl2N5O6/c1-3-13-38-20-30(42)39-28(15-21-7-11-26(41)12-8-21)31(43)37(18-22-5-4-6-23(14-22)32(44)46-2)19-29(39)40(38)33(45)36-17-24-9-10-25(34)16-27(24)35/h3-12,14,16,28-29,41H,1,13,15,17-20H2,2H3,(H,36,45)/t28-,29-/m0/s1. The fourth-order valence-corrected chi connectivity index (χ4v) is 6.23. The number of piperazine rings is 1. The maximum Gasteiger partial charge on any atom is 0.337 e. The predicted molar refractivity (Wildman–Crippen MR) is 172 cm³/mol. The van der Waals surface area contributed by atoms with Crippen molar-refractivity contribution >= 4 is 47.0 Å². The van der Waals surface area contributed by atoms with E-state index in [-0.39, 0.29) is 56.7 Å². The minimum atomic E-state index is -0.952. The zero-order valence-electron chi connectivity index (χ0n) is 25.1. The number of hydrogen-bond acceptors (Lipinski definition) is 7. The first-order valence-electron chi connectivity index (χ1n) is 14.5. The Labute approximate surface area is 276 Å². The van der Waals surface area contributed by atoms with Crippen LogP contribution in [0.25, 0.3) is 0 Å². The number of phenols is 1. The zero-order chi connectivity index (χ0) is 33.0. The average Bonchev–Trinajstić information content (AvgIpc) is 3.03. The quantitative estimate of drug-likeness (QED) is 0.259. The summed E-state index contributed by atoms with van der Waals surface area (Å²) in [6, 6.07) is 16.7. The number of ether oxygens (including phenoxy) is 1. The molecule has 2 atom stereocenters. The molecule has 3 aromatic rings. The first kappa shape index (κ1) is 32.8. The molecule has 3 aromatic carbocycles. The molecule has 2 fully saturated rings. The fraction of sp³-hybridized carbons (Fsp3) is 0.273. The van der Waals surface area contributed by atoms with Crippen molar-refractivity contribution in [1.82, 2.24) is 25.1 Å². The molecule has 2 N–H and O–H groups in total. The molecule has 2 saturated heterocycles. The number of hydrazine groups is 1. The highest BCUT2D eigenvalue weighted by Gasteiger charge is 2.51. The molecule has 240 valence electrons. The summed E-state index contributed by atoms with van der Waals surface area (Å²) in [5, 5.41) is 16.6. The van der Waals surface area contributed by atoms with Gasteiger partial charge in [0.2, 0.25) is 11.8 Å². The van der Waals surface area contributed by atoms with Crippen LogP contribution in [0.2, 0.25) is 10.0 Å². The highest BCUT2D eigenvalue weighted by atomic mass is 35.5. The smallest absolute Gasteiger partial charge is 0.337 e. The summed E-state index contributed by atoms with van der Waals surface area (Å²) in [5.41, 5.74) is 2.38. The number of phenolic OH excluding ortho intramolecular Hbond substituents is 1. The van der Waals surface area contributed by atoms with Crippen LogP contribution in [0.1, 0.15) is 27.0 Å². The first-order chi connectivity index (χ1) is 22.1. The van der Waals surface area contributed by atoms with E-state index < -0.39 is 24.2 Å². The normalized spacial score (nSPS) is 18.3. The van der Waals surface area contributed by atoms with Crippen LogP contribution in [0.5, 0.6) is 5.75 Å². The molecule has 0 saturated carbocycles. The van der Waals surface area contributed by atoms with E-state index in [0.717, 1.165) is 5.56 Å². The lowest BCUT2D eigenvalue weighted by molar-refractivity contribution is -0.189. The van der Waals surface area contributed by atoms with E-state index in [1.807, 2.05) is 0 Å². The molecule has 4 amide bonds. The van der Waals surface area contributed by atoms with Gasteiger partial charge in [0, 0.05) is 36.1 Å². The van der Waals surface area contributed by atoms with Gasteiger partial charge in [-0.2, -0.15) is 0 Å². The number of hydrogen-bond donors (Lipinski definition) is 2. The predicted octanol–water partition coefficient (Wildman–Crippen LogP) is 4.22. The van der Waals surface area contributed by atoms with Crippen molar-refractivity contribution in [2.24, 2.45) is 0 Å². The number of aromatic hydroxyl groups is 1. The minimum absolute atomic E-state index is 0.00185. The number of fused-ring (bicyclic) bond motifs is 1. The Hall–Kier alpha value is -4.58. The Morgan fingerprint density at radius 1 is 1.07 bits per heavy atom. The molecule has 2 heterocycles. The van der Waals surface area contributed by atoms with E-state index in [1.165, 1.54) is 29.2 Å². The summed E-state index contributed by atoms with van der Waals surface area (Å²) in [7, 11) is 1.29. The average molecular weight is 667 g/mol. The number of rotatable bonds is 9. The van der Waals surface area contributed by atoms with Gasteiger partial charge in [0.25, 0.3) is 0 Å². The molecule has 0 radical (unpaired) electrons. The number of halogens is 2. The Balaban J connectivity index is 1.50. The van der Waals surface area contributed by atoms with Gasteiger partial charge in [0.15, 0.2) is 0 Å². The number of urea groups is 1. The van der Waals surface area contributed by atoms with Crippen LogP contribution in [-0.4, -0.2) is 87.7 Å². The molecule has 0 aliphatic carbocycles. The topological polar surface area (TPSA) is 123 Å². The number of methoxy groups -OCH3 is 1. The van der Waals surface area contributed by atoms with E-state index in [1.54, 1.807) is 70.6 Å². The Bertz CT molecular complexity index is 1650. The number of nitrogens with zero attached hydrogens (tertiary/aromatic N) is 4. The van der Waals surface area contributed by atoms with Gasteiger partial charge in [-0.3, -0.25) is 9.59 Å². The van der Waals surface area contributed by atoms with E-state index in [9.17, 15) is 24.3 Å². The first-order valence-corrected chi connectivity index (χ1v) is 15.3. The maximum atomic E-state index is 14.2.